The average Bonchev–Trinajstić information content (AvgIpc) is 2.93. The molecule has 23 heavy (non-hydrogen) atoms. The van der Waals surface area contributed by atoms with E-state index in [0.717, 1.165) is 22.7 Å². The number of aromatic nitrogens is 1. The molecule has 0 saturated heterocycles. The van der Waals surface area contributed by atoms with Crippen LogP contribution in [0.4, 0.5) is 0 Å². The Bertz CT molecular complexity index is 652. The van der Waals surface area contributed by atoms with Crippen LogP contribution >= 0.6 is 11.3 Å². The minimum absolute atomic E-state index is 0.0289. The largest absolute Gasteiger partial charge is 0.394 e. The van der Waals surface area contributed by atoms with Gasteiger partial charge in [0, 0.05) is 12.6 Å². The molecule has 4 nitrogen and oxygen atoms in total. The zero-order valence-corrected chi connectivity index (χ0v) is 14.9. The molecule has 1 amide bonds. The van der Waals surface area contributed by atoms with Crippen molar-refractivity contribution in [2.75, 3.05) is 13.7 Å². The first-order valence-corrected chi connectivity index (χ1v) is 8.66. The molecular weight excluding hydrogens is 308 g/mol. The van der Waals surface area contributed by atoms with Crippen LogP contribution in [0.5, 0.6) is 0 Å². The van der Waals surface area contributed by atoms with Crippen LogP contribution < -0.4 is 0 Å². The molecule has 2 aromatic rings. The number of hydrogen-bond donors (Lipinski definition) is 1. The highest BCUT2D eigenvalue weighted by atomic mass is 32.1. The van der Waals surface area contributed by atoms with Crippen molar-refractivity contribution in [3.05, 3.63) is 40.2 Å². The molecule has 1 aromatic carbocycles. The van der Waals surface area contributed by atoms with E-state index in [-0.39, 0.29) is 18.6 Å². The molecule has 0 saturated carbocycles. The fourth-order valence-electron chi connectivity index (χ4n) is 2.59. The molecule has 5 heteroatoms. The van der Waals surface area contributed by atoms with Crippen molar-refractivity contribution in [1.82, 2.24) is 9.88 Å². The van der Waals surface area contributed by atoms with E-state index in [1.807, 2.05) is 37.3 Å². The second kappa shape index (κ2) is 7.70. The Kier molecular flexibility index (Phi) is 5.91. The van der Waals surface area contributed by atoms with Crippen molar-refractivity contribution in [3.63, 3.8) is 0 Å². The van der Waals surface area contributed by atoms with Gasteiger partial charge >= 0.3 is 0 Å². The van der Waals surface area contributed by atoms with Gasteiger partial charge in [-0.15, -0.1) is 11.3 Å². The first-order valence-electron chi connectivity index (χ1n) is 7.84. The van der Waals surface area contributed by atoms with E-state index in [1.54, 1.807) is 11.9 Å². The summed E-state index contributed by atoms with van der Waals surface area (Å²) in [4.78, 5) is 19.7. The molecule has 1 N–H and O–H groups in total. The van der Waals surface area contributed by atoms with Gasteiger partial charge in [0.25, 0.3) is 5.91 Å². The van der Waals surface area contributed by atoms with Gasteiger partial charge in [0.2, 0.25) is 0 Å². The number of aryl methyl sites for hydroxylation is 1. The zero-order valence-electron chi connectivity index (χ0n) is 14.1. The third kappa shape index (κ3) is 4.18. The third-order valence-corrected chi connectivity index (χ3v) is 4.76. The first kappa shape index (κ1) is 17.6. The van der Waals surface area contributed by atoms with Gasteiger partial charge in [0.1, 0.15) is 4.88 Å². The number of amides is 1. The number of likely N-dealkylation sites (N-methyl/N-ethyl adjacent to an activating group) is 1. The molecule has 1 atom stereocenters. The molecule has 0 fully saturated rings. The minimum atomic E-state index is -0.173. The molecule has 0 aliphatic carbocycles. The van der Waals surface area contributed by atoms with Crippen LogP contribution in [0.15, 0.2) is 30.3 Å². The SMILES string of the molecule is Cc1nc(-c2ccccc2)c(C(=O)N(C)[C@H](CO)CC(C)C)s1. The first-order chi connectivity index (χ1) is 10.9. The van der Waals surface area contributed by atoms with Crippen LogP contribution in [-0.4, -0.2) is 40.6 Å². The lowest BCUT2D eigenvalue weighted by Crippen LogP contribution is -2.40. The summed E-state index contributed by atoms with van der Waals surface area (Å²) in [6, 6.07) is 9.58. The lowest BCUT2D eigenvalue weighted by atomic mass is 10.0. The standard InChI is InChI=1S/C18H24N2O2S/c1-12(2)10-15(11-21)20(4)18(22)17-16(19-13(3)23-17)14-8-6-5-7-9-14/h5-9,12,15,21H,10-11H2,1-4H3/t15-/m0/s1. The van der Waals surface area contributed by atoms with Gasteiger partial charge in [0.15, 0.2) is 0 Å². The number of aliphatic hydroxyl groups excluding tert-OH is 1. The normalized spacial score (nSPS) is 12.4. The number of hydrogen-bond acceptors (Lipinski definition) is 4. The van der Waals surface area contributed by atoms with Crippen molar-refractivity contribution in [2.45, 2.75) is 33.2 Å². The predicted molar refractivity (Wildman–Crippen MR) is 94.7 cm³/mol. The molecule has 0 aliphatic heterocycles. The summed E-state index contributed by atoms with van der Waals surface area (Å²) in [6.07, 6.45) is 0.775. The van der Waals surface area contributed by atoms with Crippen LogP contribution in [0.1, 0.15) is 34.9 Å². The number of rotatable bonds is 6. The van der Waals surface area contributed by atoms with Gasteiger partial charge in [0.05, 0.1) is 23.4 Å². The van der Waals surface area contributed by atoms with Gasteiger partial charge in [-0.25, -0.2) is 4.98 Å². The monoisotopic (exact) mass is 332 g/mol. The van der Waals surface area contributed by atoms with Crippen LogP contribution in [0.3, 0.4) is 0 Å². The van der Waals surface area contributed by atoms with Crippen LogP contribution in [0.2, 0.25) is 0 Å². The molecule has 2 rings (SSSR count). The Morgan fingerprint density at radius 2 is 1.96 bits per heavy atom. The van der Waals surface area contributed by atoms with Crippen molar-refractivity contribution < 1.29 is 9.90 Å². The fourth-order valence-corrected chi connectivity index (χ4v) is 3.51. The predicted octanol–water partition coefficient (Wildman–Crippen LogP) is 3.60. The summed E-state index contributed by atoms with van der Waals surface area (Å²) in [5, 5.41) is 10.5. The Morgan fingerprint density at radius 1 is 1.30 bits per heavy atom. The quantitative estimate of drug-likeness (QED) is 0.879. The molecule has 1 heterocycles. The fraction of sp³-hybridized carbons (Fsp3) is 0.444. The summed E-state index contributed by atoms with van der Waals surface area (Å²) in [6.45, 7) is 6.06. The lowest BCUT2D eigenvalue weighted by Gasteiger charge is -2.27. The number of carbonyl (C=O) groups excluding carboxylic acids is 1. The summed E-state index contributed by atoms with van der Waals surface area (Å²) >= 11 is 1.41. The smallest absolute Gasteiger partial charge is 0.266 e. The molecule has 0 spiro atoms. The van der Waals surface area contributed by atoms with Gasteiger partial charge < -0.3 is 10.0 Å². The van der Waals surface area contributed by atoms with Crippen LogP contribution in [0, 0.1) is 12.8 Å². The topological polar surface area (TPSA) is 53.4 Å². The Hall–Kier alpha value is -1.72. The third-order valence-electron chi connectivity index (χ3n) is 3.80. The summed E-state index contributed by atoms with van der Waals surface area (Å²) < 4.78 is 0. The highest BCUT2D eigenvalue weighted by Crippen LogP contribution is 2.29. The number of thiazole rings is 1. The number of aliphatic hydroxyl groups is 1. The second-order valence-electron chi connectivity index (χ2n) is 6.16. The van der Waals surface area contributed by atoms with E-state index in [0.29, 0.717) is 10.8 Å². The molecule has 1 aromatic heterocycles. The van der Waals surface area contributed by atoms with Gasteiger partial charge in [-0.05, 0) is 19.3 Å². The average molecular weight is 332 g/mol. The number of carbonyl (C=O) groups is 1. The zero-order chi connectivity index (χ0) is 17.0. The maximum absolute atomic E-state index is 12.9. The summed E-state index contributed by atoms with van der Waals surface area (Å²) in [5.41, 5.74) is 1.67. The van der Waals surface area contributed by atoms with Crippen molar-refractivity contribution >= 4 is 17.2 Å². The minimum Gasteiger partial charge on any atom is -0.394 e. The van der Waals surface area contributed by atoms with E-state index in [4.69, 9.17) is 0 Å². The highest BCUT2D eigenvalue weighted by molar-refractivity contribution is 7.14. The van der Waals surface area contributed by atoms with Crippen molar-refractivity contribution in [2.24, 2.45) is 5.92 Å². The van der Waals surface area contributed by atoms with Crippen LogP contribution in [0.25, 0.3) is 11.3 Å². The summed E-state index contributed by atoms with van der Waals surface area (Å²) in [7, 11) is 1.76. The van der Waals surface area contributed by atoms with Gasteiger partial charge in [-0.1, -0.05) is 44.2 Å². The van der Waals surface area contributed by atoms with E-state index < -0.39 is 0 Å². The van der Waals surface area contributed by atoms with Crippen molar-refractivity contribution in [3.8, 4) is 11.3 Å². The van der Waals surface area contributed by atoms with E-state index in [9.17, 15) is 9.90 Å². The van der Waals surface area contributed by atoms with E-state index in [2.05, 4.69) is 18.8 Å². The Balaban J connectivity index is 2.32. The van der Waals surface area contributed by atoms with Gasteiger partial charge in [-0.2, -0.15) is 0 Å². The molecule has 0 aliphatic rings. The molecule has 0 bridgehead atoms. The molecule has 0 unspecified atom stereocenters. The van der Waals surface area contributed by atoms with E-state index in [1.165, 1.54) is 11.3 Å². The molecule has 124 valence electrons. The van der Waals surface area contributed by atoms with Crippen LogP contribution in [-0.2, 0) is 0 Å². The molecule has 0 radical (unpaired) electrons. The maximum Gasteiger partial charge on any atom is 0.266 e. The summed E-state index contributed by atoms with van der Waals surface area (Å²) in [5.74, 6) is 0.341. The maximum atomic E-state index is 12.9. The van der Waals surface area contributed by atoms with Crippen molar-refractivity contribution in [1.29, 1.82) is 0 Å². The number of nitrogens with zero attached hydrogens (tertiary/aromatic N) is 2. The van der Waals surface area contributed by atoms with Gasteiger partial charge in [-0.3, -0.25) is 4.79 Å². The number of benzene rings is 1. The lowest BCUT2D eigenvalue weighted by molar-refractivity contribution is 0.0635. The molecular formula is C18H24N2O2S. The Morgan fingerprint density at radius 3 is 2.52 bits per heavy atom. The van der Waals surface area contributed by atoms with E-state index >= 15 is 0 Å². The highest BCUT2D eigenvalue weighted by Gasteiger charge is 2.26. The Labute approximate surface area is 141 Å². The second-order valence-corrected chi connectivity index (χ2v) is 7.36.